The highest BCUT2D eigenvalue weighted by molar-refractivity contribution is 5.84. The SMILES string of the molecule is CCCOCC(C)OCC(C)OC(=O)C(O)C(O)C(=O)O. The quantitative estimate of drug-likeness (QED) is 0.347. The van der Waals surface area contributed by atoms with Gasteiger partial charge in [-0.1, -0.05) is 6.92 Å². The normalized spacial score (nSPS) is 16.8. The van der Waals surface area contributed by atoms with Crippen LogP contribution in [-0.4, -0.2) is 71.5 Å². The monoisotopic (exact) mass is 308 g/mol. The molecule has 3 N–H and O–H groups in total. The largest absolute Gasteiger partial charge is 0.479 e. The van der Waals surface area contributed by atoms with Gasteiger partial charge in [-0.05, 0) is 20.3 Å². The Kier molecular flexibility index (Phi) is 9.89. The minimum atomic E-state index is -2.22. The van der Waals surface area contributed by atoms with Gasteiger partial charge in [-0.2, -0.15) is 0 Å². The van der Waals surface area contributed by atoms with E-state index in [0.717, 1.165) is 6.42 Å². The third kappa shape index (κ3) is 8.61. The third-order valence-electron chi connectivity index (χ3n) is 2.43. The number of carbonyl (C=O) groups is 2. The Hall–Kier alpha value is -1.22. The number of hydrogen-bond acceptors (Lipinski definition) is 7. The van der Waals surface area contributed by atoms with Gasteiger partial charge in [0, 0.05) is 6.61 Å². The molecule has 0 aromatic heterocycles. The van der Waals surface area contributed by atoms with Crippen LogP contribution in [0.3, 0.4) is 0 Å². The molecule has 0 rings (SSSR count). The molecule has 0 saturated carbocycles. The van der Waals surface area contributed by atoms with Gasteiger partial charge in [0.05, 0.1) is 19.3 Å². The first-order chi connectivity index (χ1) is 9.79. The van der Waals surface area contributed by atoms with Crippen molar-refractivity contribution in [2.45, 2.75) is 51.6 Å². The van der Waals surface area contributed by atoms with Gasteiger partial charge in [0.1, 0.15) is 6.10 Å². The fourth-order valence-electron chi connectivity index (χ4n) is 1.31. The van der Waals surface area contributed by atoms with Crippen LogP contribution >= 0.6 is 0 Å². The molecule has 0 aromatic carbocycles. The van der Waals surface area contributed by atoms with E-state index in [9.17, 15) is 14.7 Å². The number of carboxylic acid groups (broad SMARTS) is 1. The van der Waals surface area contributed by atoms with E-state index in [0.29, 0.717) is 13.2 Å². The fraction of sp³-hybridized carbons (Fsp3) is 0.846. The highest BCUT2D eigenvalue weighted by Gasteiger charge is 2.32. The van der Waals surface area contributed by atoms with Gasteiger partial charge in [0.25, 0.3) is 0 Å². The molecule has 0 amide bonds. The summed E-state index contributed by atoms with van der Waals surface area (Å²) in [6.07, 6.45) is -4.32. The molecular formula is C13H24O8. The second-order valence-electron chi connectivity index (χ2n) is 4.69. The summed E-state index contributed by atoms with van der Waals surface area (Å²) in [6.45, 7) is 6.43. The Bertz CT molecular complexity index is 319. The molecule has 8 nitrogen and oxygen atoms in total. The van der Waals surface area contributed by atoms with E-state index in [1.807, 2.05) is 6.92 Å². The molecule has 0 aliphatic rings. The van der Waals surface area contributed by atoms with Crippen molar-refractivity contribution in [1.29, 1.82) is 0 Å². The molecule has 21 heavy (non-hydrogen) atoms. The van der Waals surface area contributed by atoms with Gasteiger partial charge in [-0.3, -0.25) is 0 Å². The van der Waals surface area contributed by atoms with E-state index < -0.39 is 30.3 Å². The lowest BCUT2D eigenvalue weighted by atomic mass is 10.2. The lowest BCUT2D eigenvalue weighted by Crippen LogP contribution is -2.42. The molecule has 0 radical (unpaired) electrons. The first-order valence-electron chi connectivity index (χ1n) is 6.78. The Labute approximate surface area is 123 Å². The minimum Gasteiger partial charge on any atom is -0.479 e. The van der Waals surface area contributed by atoms with E-state index in [2.05, 4.69) is 0 Å². The van der Waals surface area contributed by atoms with Gasteiger partial charge >= 0.3 is 11.9 Å². The lowest BCUT2D eigenvalue weighted by molar-refractivity contribution is -0.175. The molecule has 4 atom stereocenters. The van der Waals surface area contributed by atoms with Crippen LogP contribution in [0, 0.1) is 0 Å². The summed E-state index contributed by atoms with van der Waals surface area (Å²) in [5.74, 6) is -2.92. The van der Waals surface area contributed by atoms with Crippen LogP contribution in [-0.2, 0) is 23.8 Å². The molecule has 4 unspecified atom stereocenters. The Morgan fingerprint density at radius 3 is 2.19 bits per heavy atom. The number of aliphatic carboxylic acids is 1. The molecule has 0 aromatic rings. The lowest BCUT2D eigenvalue weighted by Gasteiger charge is -2.20. The summed E-state index contributed by atoms with van der Waals surface area (Å²) < 4.78 is 15.4. The van der Waals surface area contributed by atoms with Crippen LogP contribution in [0.4, 0.5) is 0 Å². The third-order valence-corrected chi connectivity index (χ3v) is 2.43. The van der Waals surface area contributed by atoms with Gasteiger partial charge in [-0.15, -0.1) is 0 Å². The van der Waals surface area contributed by atoms with Crippen molar-refractivity contribution in [2.75, 3.05) is 19.8 Å². The maximum atomic E-state index is 11.4. The molecule has 0 aliphatic carbocycles. The van der Waals surface area contributed by atoms with E-state index in [1.165, 1.54) is 6.92 Å². The summed E-state index contributed by atoms with van der Waals surface area (Å²) >= 11 is 0. The molecular weight excluding hydrogens is 284 g/mol. The Morgan fingerprint density at radius 2 is 1.67 bits per heavy atom. The van der Waals surface area contributed by atoms with Gasteiger partial charge in [0.15, 0.2) is 12.2 Å². The molecule has 124 valence electrons. The van der Waals surface area contributed by atoms with Crippen molar-refractivity contribution in [1.82, 2.24) is 0 Å². The van der Waals surface area contributed by atoms with E-state index in [4.69, 9.17) is 24.4 Å². The van der Waals surface area contributed by atoms with Crippen LogP contribution in [0.1, 0.15) is 27.2 Å². The molecule has 0 fully saturated rings. The van der Waals surface area contributed by atoms with E-state index in [-0.39, 0.29) is 12.7 Å². The topological polar surface area (TPSA) is 123 Å². The standard InChI is InChI=1S/C13H24O8/c1-4-5-19-6-8(2)20-7-9(3)21-13(18)11(15)10(14)12(16)17/h8-11,14-15H,4-7H2,1-3H3,(H,16,17). The zero-order chi connectivity index (χ0) is 16.4. The number of aliphatic hydroxyl groups excluding tert-OH is 2. The Morgan fingerprint density at radius 1 is 1.05 bits per heavy atom. The summed E-state index contributed by atoms with van der Waals surface area (Å²) in [6, 6.07) is 0. The van der Waals surface area contributed by atoms with Gasteiger partial charge in [-0.25, -0.2) is 9.59 Å². The fourth-order valence-corrected chi connectivity index (χ4v) is 1.31. The molecule has 0 bridgehead atoms. The van der Waals surface area contributed by atoms with Crippen LogP contribution in [0.25, 0.3) is 0 Å². The van der Waals surface area contributed by atoms with Crippen molar-refractivity contribution in [3.8, 4) is 0 Å². The summed E-state index contributed by atoms with van der Waals surface area (Å²) in [5, 5.41) is 26.7. The van der Waals surface area contributed by atoms with Crippen LogP contribution < -0.4 is 0 Å². The average Bonchev–Trinajstić information content (AvgIpc) is 2.43. The molecule has 8 heteroatoms. The van der Waals surface area contributed by atoms with Crippen LogP contribution in [0.15, 0.2) is 0 Å². The second-order valence-corrected chi connectivity index (χ2v) is 4.69. The predicted molar refractivity (Wildman–Crippen MR) is 71.7 cm³/mol. The summed E-state index contributed by atoms with van der Waals surface area (Å²) in [7, 11) is 0. The van der Waals surface area contributed by atoms with Crippen molar-refractivity contribution in [3.63, 3.8) is 0 Å². The van der Waals surface area contributed by atoms with Crippen molar-refractivity contribution >= 4 is 11.9 Å². The molecule has 0 spiro atoms. The molecule has 0 heterocycles. The maximum absolute atomic E-state index is 11.4. The number of esters is 1. The van der Waals surface area contributed by atoms with Crippen molar-refractivity contribution in [3.05, 3.63) is 0 Å². The summed E-state index contributed by atoms with van der Waals surface area (Å²) in [4.78, 5) is 21.8. The number of carbonyl (C=O) groups excluding carboxylic acids is 1. The number of rotatable bonds is 11. The first-order valence-corrected chi connectivity index (χ1v) is 6.78. The van der Waals surface area contributed by atoms with Gasteiger partial charge in [0.2, 0.25) is 0 Å². The van der Waals surface area contributed by atoms with E-state index in [1.54, 1.807) is 6.92 Å². The molecule has 0 saturated heterocycles. The average molecular weight is 308 g/mol. The number of hydrogen-bond donors (Lipinski definition) is 3. The maximum Gasteiger partial charge on any atom is 0.338 e. The van der Waals surface area contributed by atoms with Crippen molar-refractivity contribution < 1.29 is 39.1 Å². The smallest absolute Gasteiger partial charge is 0.338 e. The minimum absolute atomic E-state index is 0.0677. The Balaban J connectivity index is 4.00. The highest BCUT2D eigenvalue weighted by Crippen LogP contribution is 2.03. The zero-order valence-electron chi connectivity index (χ0n) is 12.5. The second kappa shape index (κ2) is 10.5. The van der Waals surface area contributed by atoms with Crippen molar-refractivity contribution in [2.24, 2.45) is 0 Å². The predicted octanol–water partition coefficient (Wildman–Crippen LogP) is -0.444. The first kappa shape index (κ1) is 19.8. The van der Waals surface area contributed by atoms with Gasteiger partial charge < -0.3 is 29.5 Å². The van der Waals surface area contributed by atoms with Crippen LogP contribution in [0.2, 0.25) is 0 Å². The number of ether oxygens (including phenoxy) is 3. The van der Waals surface area contributed by atoms with Crippen LogP contribution in [0.5, 0.6) is 0 Å². The summed E-state index contributed by atoms with van der Waals surface area (Å²) in [5.41, 5.74) is 0. The van der Waals surface area contributed by atoms with E-state index >= 15 is 0 Å². The number of aliphatic hydroxyl groups is 2. The number of carboxylic acids is 1. The highest BCUT2D eigenvalue weighted by atomic mass is 16.6. The zero-order valence-corrected chi connectivity index (χ0v) is 12.5. The molecule has 0 aliphatic heterocycles.